The van der Waals surface area contributed by atoms with Gasteiger partial charge in [0.15, 0.2) is 6.10 Å². The van der Waals surface area contributed by atoms with Crippen molar-refractivity contribution in [3.8, 4) is 0 Å². The second kappa shape index (κ2) is 7.89. The molecule has 0 aliphatic carbocycles. The number of nitrogens with two attached hydrogens (primary N) is 1. The SMILES string of the molecule is C=C(C)C1=C(C(=O)OC(c2ccccc2)c2ccccc2)N2C(=O)C(N)[C@@H]2SC1. The van der Waals surface area contributed by atoms with Crippen molar-refractivity contribution < 1.29 is 14.3 Å². The van der Waals surface area contributed by atoms with Gasteiger partial charge in [0, 0.05) is 5.75 Å². The van der Waals surface area contributed by atoms with Crippen molar-refractivity contribution in [2.24, 2.45) is 5.73 Å². The van der Waals surface area contributed by atoms with Crippen LogP contribution in [-0.4, -0.2) is 33.9 Å². The molecular formula is C23H22N2O3S. The molecule has 2 atom stereocenters. The summed E-state index contributed by atoms with van der Waals surface area (Å²) in [6, 6.07) is 18.5. The van der Waals surface area contributed by atoms with Gasteiger partial charge in [-0.3, -0.25) is 9.69 Å². The highest BCUT2D eigenvalue weighted by Gasteiger charge is 2.52. The Kier molecular flexibility index (Phi) is 5.30. The zero-order chi connectivity index (χ0) is 20.5. The fourth-order valence-corrected chi connectivity index (χ4v) is 4.98. The van der Waals surface area contributed by atoms with Gasteiger partial charge in [0.2, 0.25) is 5.91 Å². The molecule has 148 valence electrons. The topological polar surface area (TPSA) is 72.6 Å². The third kappa shape index (κ3) is 3.50. The van der Waals surface area contributed by atoms with E-state index in [-0.39, 0.29) is 17.0 Å². The van der Waals surface area contributed by atoms with Crippen molar-refractivity contribution in [2.75, 3.05) is 5.75 Å². The first kappa shape index (κ1) is 19.5. The number of hydrogen-bond donors (Lipinski definition) is 1. The highest BCUT2D eigenvalue weighted by molar-refractivity contribution is 8.00. The zero-order valence-corrected chi connectivity index (χ0v) is 16.9. The Hall–Kier alpha value is -2.83. The average Bonchev–Trinajstić information content (AvgIpc) is 2.76. The third-order valence-electron chi connectivity index (χ3n) is 5.15. The van der Waals surface area contributed by atoms with Gasteiger partial charge in [0.05, 0.1) is 0 Å². The molecule has 1 fully saturated rings. The predicted octanol–water partition coefficient (Wildman–Crippen LogP) is 3.39. The predicted molar refractivity (Wildman–Crippen MR) is 114 cm³/mol. The van der Waals surface area contributed by atoms with E-state index in [9.17, 15) is 9.59 Å². The van der Waals surface area contributed by atoms with E-state index in [1.165, 1.54) is 4.90 Å². The van der Waals surface area contributed by atoms with Crippen molar-refractivity contribution >= 4 is 23.6 Å². The van der Waals surface area contributed by atoms with E-state index in [1.807, 2.05) is 67.6 Å². The summed E-state index contributed by atoms with van der Waals surface area (Å²) in [5.74, 6) is -0.224. The Morgan fingerprint density at radius 3 is 2.21 bits per heavy atom. The third-order valence-corrected chi connectivity index (χ3v) is 6.45. The highest BCUT2D eigenvalue weighted by Crippen LogP contribution is 2.42. The number of nitrogens with zero attached hydrogens (tertiary/aromatic N) is 1. The molecular weight excluding hydrogens is 384 g/mol. The van der Waals surface area contributed by atoms with Gasteiger partial charge in [0.1, 0.15) is 17.1 Å². The number of fused-ring (bicyclic) bond motifs is 1. The van der Waals surface area contributed by atoms with Gasteiger partial charge in [-0.2, -0.15) is 0 Å². The number of ether oxygens (including phenoxy) is 1. The summed E-state index contributed by atoms with van der Waals surface area (Å²) < 4.78 is 6.00. The van der Waals surface area contributed by atoms with Crippen LogP contribution in [0.1, 0.15) is 24.2 Å². The van der Waals surface area contributed by atoms with Crippen LogP contribution in [0, 0.1) is 0 Å². The first-order chi connectivity index (χ1) is 14.0. The van der Waals surface area contributed by atoms with Crippen molar-refractivity contribution in [1.29, 1.82) is 0 Å². The summed E-state index contributed by atoms with van der Waals surface area (Å²) in [7, 11) is 0. The molecule has 0 bridgehead atoms. The standard InChI is InChI=1S/C23H22N2O3S/c1-14(2)17-13-29-22-18(24)21(26)25(22)19(17)23(27)28-20(15-9-5-3-6-10-15)16-11-7-4-8-12-16/h3-12,18,20,22H,1,13,24H2,2H3/t18?,22-/m0/s1. The number of benzene rings is 2. The summed E-state index contributed by atoms with van der Waals surface area (Å²) in [4.78, 5) is 27.2. The van der Waals surface area contributed by atoms with Crippen LogP contribution in [-0.2, 0) is 14.3 Å². The molecule has 1 saturated heterocycles. The largest absolute Gasteiger partial charge is 0.448 e. The summed E-state index contributed by atoms with van der Waals surface area (Å²) in [6.07, 6.45) is -0.582. The molecule has 0 spiro atoms. The number of amides is 1. The first-order valence-corrected chi connectivity index (χ1v) is 10.4. The van der Waals surface area contributed by atoms with Gasteiger partial charge < -0.3 is 10.5 Å². The molecule has 5 nitrogen and oxygen atoms in total. The van der Waals surface area contributed by atoms with E-state index in [0.29, 0.717) is 5.75 Å². The molecule has 2 aromatic rings. The lowest BCUT2D eigenvalue weighted by Gasteiger charge is -2.48. The Bertz CT molecular complexity index is 948. The lowest BCUT2D eigenvalue weighted by Crippen LogP contribution is -2.68. The maximum Gasteiger partial charge on any atom is 0.356 e. The van der Waals surface area contributed by atoms with E-state index in [0.717, 1.165) is 22.3 Å². The van der Waals surface area contributed by atoms with Gasteiger partial charge in [-0.1, -0.05) is 72.8 Å². The second-order valence-electron chi connectivity index (χ2n) is 7.15. The van der Waals surface area contributed by atoms with Crippen LogP contribution in [0.3, 0.4) is 0 Å². The summed E-state index contributed by atoms with van der Waals surface area (Å²) >= 11 is 1.55. The van der Waals surface area contributed by atoms with Gasteiger partial charge in [-0.05, 0) is 23.6 Å². The van der Waals surface area contributed by atoms with Crippen LogP contribution in [0.5, 0.6) is 0 Å². The Labute approximate surface area is 174 Å². The van der Waals surface area contributed by atoms with Crippen LogP contribution in [0.25, 0.3) is 0 Å². The molecule has 0 saturated carbocycles. The molecule has 0 aromatic heterocycles. The normalized spacial score (nSPS) is 20.9. The molecule has 2 aromatic carbocycles. The number of rotatable bonds is 5. The van der Waals surface area contributed by atoms with Crippen LogP contribution < -0.4 is 5.73 Å². The van der Waals surface area contributed by atoms with Gasteiger partial charge in [-0.25, -0.2) is 4.79 Å². The number of β-lactam (4-membered cyclic amide) rings is 1. The Morgan fingerprint density at radius 2 is 1.69 bits per heavy atom. The van der Waals surface area contributed by atoms with E-state index >= 15 is 0 Å². The van der Waals surface area contributed by atoms with Crippen LogP contribution in [0.15, 0.2) is 84.1 Å². The average molecular weight is 407 g/mol. The molecule has 4 rings (SSSR count). The Balaban J connectivity index is 1.71. The molecule has 1 amide bonds. The fraction of sp³-hybridized carbons (Fsp3) is 0.217. The minimum atomic E-state index is -0.589. The molecule has 2 heterocycles. The number of carbonyl (C=O) groups is 2. The summed E-state index contributed by atoms with van der Waals surface area (Å²) in [5, 5.41) is -0.236. The van der Waals surface area contributed by atoms with Gasteiger partial charge >= 0.3 is 5.97 Å². The van der Waals surface area contributed by atoms with E-state index in [1.54, 1.807) is 11.8 Å². The number of carbonyl (C=O) groups excluding carboxylic acids is 2. The molecule has 0 radical (unpaired) electrons. The number of thioether (sulfide) groups is 1. The number of esters is 1. The highest BCUT2D eigenvalue weighted by atomic mass is 32.2. The van der Waals surface area contributed by atoms with Crippen LogP contribution in [0.4, 0.5) is 0 Å². The lowest BCUT2D eigenvalue weighted by molar-refractivity contribution is -0.153. The number of allylic oxidation sites excluding steroid dienone is 1. The van der Waals surface area contributed by atoms with E-state index in [4.69, 9.17) is 10.5 Å². The molecule has 6 heteroatoms. The maximum absolute atomic E-state index is 13.3. The van der Waals surface area contributed by atoms with Gasteiger partial charge in [0.25, 0.3) is 0 Å². The van der Waals surface area contributed by atoms with Crippen molar-refractivity contribution in [2.45, 2.75) is 24.4 Å². The lowest BCUT2D eigenvalue weighted by atomic mass is 9.99. The zero-order valence-electron chi connectivity index (χ0n) is 16.1. The molecule has 2 aliphatic heterocycles. The molecule has 2 N–H and O–H groups in total. The molecule has 29 heavy (non-hydrogen) atoms. The van der Waals surface area contributed by atoms with Gasteiger partial charge in [-0.15, -0.1) is 11.8 Å². The smallest absolute Gasteiger partial charge is 0.356 e. The summed E-state index contributed by atoms with van der Waals surface area (Å²) in [5.41, 5.74) is 9.40. The monoisotopic (exact) mass is 406 g/mol. The first-order valence-electron chi connectivity index (χ1n) is 9.39. The van der Waals surface area contributed by atoms with E-state index in [2.05, 4.69) is 6.58 Å². The second-order valence-corrected chi connectivity index (χ2v) is 8.25. The van der Waals surface area contributed by atoms with Crippen LogP contribution in [0.2, 0.25) is 0 Å². The van der Waals surface area contributed by atoms with E-state index < -0.39 is 18.1 Å². The maximum atomic E-state index is 13.3. The fourth-order valence-electron chi connectivity index (χ4n) is 3.58. The molecule has 2 aliphatic rings. The minimum Gasteiger partial charge on any atom is -0.448 e. The number of hydrogen-bond acceptors (Lipinski definition) is 5. The summed E-state index contributed by atoms with van der Waals surface area (Å²) in [6.45, 7) is 5.82. The quantitative estimate of drug-likeness (QED) is 0.609. The Morgan fingerprint density at radius 1 is 1.14 bits per heavy atom. The van der Waals surface area contributed by atoms with Crippen molar-refractivity contribution in [3.63, 3.8) is 0 Å². The van der Waals surface area contributed by atoms with Crippen molar-refractivity contribution in [3.05, 3.63) is 95.2 Å². The van der Waals surface area contributed by atoms with Crippen LogP contribution >= 0.6 is 11.8 Å². The minimum absolute atomic E-state index is 0.236. The van der Waals surface area contributed by atoms with Crippen molar-refractivity contribution in [1.82, 2.24) is 4.90 Å². The molecule has 1 unspecified atom stereocenters.